The van der Waals surface area contributed by atoms with Gasteiger partial charge in [0.1, 0.15) is 11.5 Å². The lowest BCUT2D eigenvalue weighted by atomic mass is 10.1. The van der Waals surface area contributed by atoms with Crippen molar-refractivity contribution in [2.24, 2.45) is 0 Å². The Morgan fingerprint density at radius 3 is 2.52 bits per heavy atom. The second kappa shape index (κ2) is 7.89. The molecule has 1 aromatic heterocycles. The molecule has 0 unspecified atom stereocenters. The largest absolute Gasteiger partial charge is 0.497 e. The maximum Gasteiger partial charge on any atom is 0.122 e. The van der Waals surface area contributed by atoms with E-state index < -0.39 is 0 Å². The number of nitrogens with zero attached hydrogens (tertiary/aromatic N) is 4. The van der Waals surface area contributed by atoms with Crippen LogP contribution in [0.4, 0.5) is 0 Å². The highest BCUT2D eigenvalue weighted by molar-refractivity contribution is 5.38. The van der Waals surface area contributed by atoms with Crippen LogP contribution in [0.5, 0.6) is 11.5 Å². The SMILES string of the molecule is COc1cc(CN2Cc3ccnn3[C@H](CCN(C)C)C2)cc(OC)c1. The van der Waals surface area contributed by atoms with Crippen molar-refractivity contribution >= 4 is 0 Å². The molecule has 0 aliphatic carbocycles. The molecular formula is C19H28N4O2. The molecule has 0 spiro atoms. The zero-order valence-electron chi connectivity index (χ0n) is 15.6. The van der Waals surface area contributed by atoms with E-state index in [4.69, 9.17) is 9.47 Å². The second-order valence-electron chi connectivity index (χ2n) is 6.90. The van der Waals surface area contributed by atoms with Gasteiger partial charge in [-0.25, -0.2) is 0 Å². The molecule has 0 fully saturated rings. The summed E-state index contributed by atoms with van der Waals surface area (Å²) in [5.41, 5.74) is 2.49. The molecule has 0 bridgehead atoms. The first kappa shape index (κ1) is 17.8. The number of fused-ring (bicyclic) bond motifs is 1. The molecule has 0 amide bonds. The maximum atomic E-state index is 5.40. The van der Waals surface area contributed by atoms with Crippen molar-refractivity contribution in [2.75, 3.05) is 41.4 Å². The third-order valence-corrected chi connectivity index (χ3v) is 4.68. The van der Waals surface area contributed by atoms with E-state index in [2.05, 4.69) is 51.9 Å². The molecule has 2 aromatic rings. The third-order valence-electron chi connectivity index (χ3n) is 4.68. The Morgan fingerprint density at radius 1 is 1.16 bits per heavy atom. The summed E-state index contributed by atoms with van der Waals surface area (Å²) in [5, 5.41) is 4.54. The molecular weight excluding hydrogens is 316 g/mol. The van der Waals surface area contributed by atoms with Gasteiger partial charge in [0.15, 0.2) is 0 Å². The molecule has 0 saturated carbocycles. The molecule has 6 heteroatoms. The van der Waals surface area contributed by atoms with Gasteiger partial charge in [-0.3, -0.25) is 9.58 Å². The standard InChI is InChI=1S/C19H28N4O2/c1-21(2)8-6-17-14-22(13-16-5-7-20-23(16)17)12-15-9-18(24-3)11-19(10-15)25-4/h5,7,9-11,17H,6,8,12-14H2,1-4H3/t17-/m1/s1. The summed E-state index contributed by atoms with van der Waals surface area (Å²) >= 11 is 0. The molecule has 0 N–H and O–H groups in total. The van der Waals surface area contributed by atoms with E-state index in [-0.39, 0.29) is 0 Å². The zero-order valence-corrected chi connectivity index (χ0v) is 15.6. The molecule has 2 heterocycles. The highest BCUT2D eigenvalue weighted by Gasteiger charge is 2.25. The van der Waals surface area contributed by atoms with Gasteiger partial charge in [-0.05, 0) is 50.8 Å². The minimum absolute atomic E-state index is 0.411. The van der Waals surface area contributed by atoms with Gasteiger partial charge in [0.2, 0.25) is 0 Å². The number of methoxy groups -OCH3 is 2. The fraction of sp³-hybridized carbons (Fsp3) is 0.526. The van der Waals surface area contributed by atoms with Crippen LogP contribution in [0.15, 0.2) is 30.5 Å². The fourth-order valence-electron chi connectivity index (χ4n) is 3.42. The minimum atomic E-state index is 0.411. The lowest BCUT2D eigenvalue weighted by Crippen LogP contribution is -2.38. The van der Waals surface area contributed by atoms with Crippen LogP contribution >= 0.6 is 0 Å². The van der Waals surface area contributed by atoms with Crippen LogP contribution in [0.3, 0.4) is 0 Å². The third kappa shape index (κ3) is 4.32. The summed E-state index contributed by atoms with van der Waals surface area (Å²) in [7, 11) is 7.62. The quantitative estimate of drug-likeness (QED) is 0.772. The molecule has 25 heavy (non-hydrogen) atoms. The number of aromatic nitrogens is 2. The van der Waals surface area contributed by atoms with Crippen LogP contribution in [-0.2, 0) is 13.1 Å². The lowest BCUT2D eigenvalue weighted by Gasteiger charge is -2.34. The Bertz CT molecular complexity index is 676. The van der Waals surface area contributed by atoms with Gasteiger partial charge in [-0.1, -0.05) is 0 Å². The number of hydrogen-bond acceptors (Lipinski definition) is 5. The van der Waals surface area contributed by atoms with Crippen molar-refractivity contribution in [1.82, 2.24) is 19.6 Å². The predicted molar refractivity (Wildman–Crippen MR) is 98.1 cm³/mol. The molecule has 0 radical (unpaired) electrons. The van der Waals surface area contributed by atoms with Gasteiger partial charge in [0, 0.05) is 31.9 Å². The topological polar surface area (TPSA) is 42.8 Å². The molecule has 1 aromatic carbocycles. The second-order valence-corrected chi connectivity index (χ2v) is 6.90. The van der Waals surface area contributed by atoms with Crippen LogP contribution in [-0.4, -0.2) is 61.0 Å². The first-order chi connectivity index (χ1) is 12.1. The Kier molecular flexibility index (Phi) is 5.60. The summed E-state index contributed by atoms with van der Waals surface area (Å²) in [6, 6.07) is 8.62. The van der Waals surface area contributed by atoms with E-state index in [1.54, 1.807) is 14.2 Å². The molecule has 3 rings (SSSR count). The van der Waals surface area contributed by atoms with Crippen molar-refractivity contribution in [3.05, 3.63) is 41.7 Å². The van der Waals surface area contributed by atoms with E-state index in [0.29, 0.717) is 6.04 Å². The van der Waals surface area contributed by atoms with Crippen LogP contribution in [0.25, 0.3) is 0 Å². The van der Waals surface area contributed by atoms with Crippen molar-refractivity contribution in [2.45, 2.75) is 25.6 Å². The van der Waals surface area contributed by atoms with Crippen molar-refractivity contribution in [1.29, 1.82) is 0 Å². The Labute approximate surface area is 149 Å². The van der Waals surface area contributed by atoms with Gasteiger partial charge >= 0.3 is 0 Å². The Morgan fingerprint density at radius 2 is 1.88 bits per heavy atom. The van der Waals surface area contributed by atoms with Crippen molar-refractivity contribution in [3.8, 4) is 11.5 Å². The van der Waals surface area contributed by atoms with Gasteiger partial charge in [0.25, 0.3) is 0 Å². The fourth-order valence-corrected chi connectivity index (χ4v) is 3.42. The van der Waals surface area contributed by atoms with Gasteiger partial charge < -0.3 is 14.4 Å². The summed E-state index contributed by atoms with van der Waals surface area (Å²) in [5.74, 6) is 1.67. The Balaban J connectivity index is 1.75. The van der Waals surface area contributed by atoms with Crippen molar-refractivity contribution < 1.29 is 9.47 Å². The monoisotopic (exact) mass is 344 g/mol. The van der Waals surface area contributed by atoms with Gasteiger partial charge in [0.05, 0.1) is 26.0 Å². The van der Waals surface area contributed by atoms with Crippen LogP contribution < -0.4 is 9.47 Å². The molecule has 1 atom stereocenters. The molecule has 6 nitrogen and oxygen atoms in total. The van der Waals surface area contributed by atoms with E-state index in [1.165, 1.54) is 11.3 Å². The van der Waals surface area contributed by atoms with E-state index in [1.807, 2.05) is 12.3 Å². The van der Waals surface area contributed by atoms with Crippen LogP contribution in [0, 0.1) is 0 Å². The number of rotatable bonds is 7. The normalized spacial score (nSPS) is 17.6. The molecule has 1 aliphatic heterocycles. The first-order valence-electron chi connectivity index (χ1n) is 8.70. The highest BCUT2D eigenvalue weighted by atomic mass is 16.5. The van der Waals surface area contributed by atoms with Gasteiger partial charge in [-0.2, -0.15) is 5.10 Å². The first-order valence-corrected chi connectivity index (χ1v) is 8.70. The van der Waals surface area contributed by atoms with Crippen LogP contribution in [0.1, 0.15) is 23.7 Å². The van der Waals surface area contributed by atoms with E-state index >= 15 is 0 Å². The lowest BCUT2D eigenvalue weighted by molar-refractivity contribution is 0.155. The smallest absolute Gasteiger partial charge is 0.122 e. The molecule has 1 aliphatic rings. The highest BCUT2D eigenvalue weighted by Crippen LogP contribution is 2.27. The molecule has 0 saturated heterocycles. The molecule has 136 valence electrons. The average molecular weight is 344 g/mol. The van der Waals surface area contributed by atoms with E-state index in [9.17, 15) is 0 Å². The number of ether oxygens (including phenoxy) is 2. The summed E-state index contributed by atoms with van der Waals surface area (Å²) < 4.78 is 13.0. The number of hydrogen-bond donors (Lipinski definition) is 0. The van der Waals surface area contributed by atoms with E-state index in [0.717, 1.165) is 44.1 Å². The van der Waals surface area contributed by atoms with Crippen LogP contribution in [0.2, 0.25) is 0 Å². The predicted octanol–water partition coefficient (Wildman–Crippen LogP) is 2.41. The van der Waals surface area contributed by atoms with Gasteiger partial charge in [-0.15, -0.1) is 0 Å². The zero-order chi connectivity index (χ0) is 17.8. The summed E-state index contributed by atoms with van der Waals surface area (Å²) in [6.45, 7) is 3.85. The summed E-state index contributed by atoms with van der Waals surface area (Å²) in [4.78, 5) is 4.71. The van der Waals surface area contributed by atoms with Crippen molar-refractivity contribution in [3.63, 3.8) is 0 Å². The summed E-state index contributed by atoms with van der Waals surface area (Å²) in [6.07, 6.45) is 3.01. The minimum Gasteiger partial charge on any atom is -0.497 e. The maximum absolute atomic E-state index is 5.40. The average Bonchev–Trinajstić information content (AvgIpc) is 3.07. The number of benzene rings is 1. The Hall–Kier alpha value is -2.05.